The number of hydrogen-bond donors (Lipinski definition) is 2. The van der Waals surface area contributed by atoms with Crippen LogP contribution in [0.15, 0.2) is 29.2 Å². The van der Waals surface area contributed by atoms with Crippen LogP contribution in [0.5, 0.6) is 0 Å². The van der Waals surface area contributed by atoms with E-state index in [1.807, 2.05) is 6.92 Å². The maximum Gasteiger partial charge on any atom is 0.311 e. The minimum atomic E-state index is -3.62. The Morgan fingerprint density at radius 1 is 1.33 bits per heavy atom. The van der Waals surface area contributed by atoms with E-state index in [0.717, 1.165) is 12.8 Å². The van der Waals surface area contributed by atoms with E-state index in [2.05, 4.69) is 4.72 Å². The number of carboxylic acids is 1. The van der Waals surface area contributed by atoms with Gasteiger partial charge in [-0.3, -0.25) is 9.59 Å². The molecular weight excluding hydrogens is 368 g/mol. The molecule has 0 aromatic heterocycles. The van der Waals surface area contributed by atoms with Crippen LogP contribution in [0, 0.1) is 11.3 Å². The molecule has 2 fully saturated rings. The zero-order valence-electron chi connectivity index (χ0n) is 15.6. The van der Waals surface area contributed by atoms with Gasteiger partial charge in [-0.15, -0.1) is 0 Å². The minimum absolute atomic E-state index is 0.00154. The van der Waals surface area contributed by atoms with Crippen LogP contribution < -0.4 is 4.72 Å². The molecule has 1 aromatic rings. The molecule has 1 aromatic carbocycles. The number of aliphatic carboxylic acids is 1. The Bertz CT molecular complexity index is 836. The van der Waals surface area contributed by atoms with Gasteiger partial charge in [0.1, 0.15) is 0 Å². The number of rotatable bonds is 6. The first-order valence-electron chi connectivity index (χ1n) is 9.34. The third-order valence-corrected chi connectivity index (χ3v) is 7.57. The first-order chi connectivity index (χ1) is 12.7. The number of carboxylic acid groups (broad SMARTS) is 1. The molecule has 1 aliphatic carbocycles. The SMILES string of the molecule is CCC(C)NS(=O)(=O)c1ccc(C(=O)N2C[C@@H]3CCC[C@@]3(C(=O)O)C2)cc1. The van der Waals surface area contributed by atoms with Crippen molar-refractivity contribution in [3.63, 3.8) is 0 Å². The molecule has 148 valence electrons. The summed E-state index contributed by atoms with van der Waals surface area (Å²) in [5.41, 5.74) is -0.447. The number of carbonyl (C=O) groups is 2. The third-order valence-electron chi connectivity index (χ3n) is 5.96. The Morgan fingerprint density at radius 3 is 2.56 bits per heavy atom. The molecule has 2 aliphatic rings. The van der Waals surface area contributed by atoms with Gasteiger partial charge in [0.2, 0.25) is 10.0 Å². The molecule has 1 amide bonds. The van der Waals surface area contributed by atoms with Gasteiger partial charge in [0.25, 0.3) is 5.91 Å². The molecule has 0 bridgehead atoms. The largest absolute Gasteiger partial charge is 0.481 e. The second-order valence-electron chi connectivity index (χ2n) is 7.69. The van der Waals surface area contributed by atoms with Crippen molar-refractivity contribution in [3.05, 3.63) is 29.8 Å². The number of amides is 1. The van der Waals surface area contributed by atoms with Gasteiger partial charge in [0.05, 0.1) is 10.3 Å². The van der Waals surface area contributed by atoms with Gasteiger partial charge in [-0.25, -0.2) is 13.1 Å². The summed E-state index contributed by atoms with van der Waals surface area (Å²) in [6.45, 7) is 4.35. The lowest BCUT2D eigenvalue weighted by Gasteiger charge is -2.23. The summed E-state index contributed by atoms with van der Waals surface area (Å²) in [5, 5.41) is 9.65. The molecule has 1 aliphatic heterocycles. The number of nitrogens with zero attached hydrogens (tertiary/aromatic N) is 1. The molecule has 1 unspecified atom stereocenters. The molecule has 3 atom stereocenters. The summed E-state index contributed by atoms with van der Waals surface area (Å²) in [6, 6.07) is 5.65. The first kappa shape index (κ1) is 19.8. The highest BCUT2D eigenvalue weighted by Crippen LogP contribution is 2.49. The Balaban J connectivity index is 1.75. The highest BCUT2D eigenvalue weighted by Gasteiger charge is 2.55. The number of hydrogen-bond acceptors (Lipinski definition) is 4. The number of carbonyl (C=O) groups excluding carboxylic acids is 1. The van der Waals surface area contributed by atoms with Gasteiger partial charge < -0.3 is 10.0 Å². The fourth-order valence-electron chi connectivity index (χ4n) is 4.17. The van der Waals surface area contributed by atoms with Crippen molar-refractivity contribution in [2.24, 2.45) is 11.3 Å². The molecule has 2 N–H and O–H groups in total. The van der Waals surface area contributed by atoms with E-state index in [9.17, 15) is 23.1 Å². The van der Waals surface area contributed by atoms with Gasteiger partial charge in [0.15, 0.2) is 0 Å². The zero-order valence-corrected chi connectivity index (χ0v) is 16.5. The van der Waals surface area contributed by atoms with Crippen molar-refractivity contribution in [3.8, 4) is 0 Å². The fourth-order valence-corrected chi connectivity index (χ4v) is 5.50. The Hall–Kier alpha value is -1.93. The topological polar surface area (TPSA) is 104 Å². The van der Waals surface area contributed by atoms with E-state index < -0.39 is 21.4 Å². The van der Waals surface area contributed by atoms with E-state index >= 15 is 0 Å². The average Bonchev–Trinajstić information content (AvgIpc) is 3.19. The molecule has 0 spiro atoms. The molecule has 1 heterocycles. The van der Waals surface area contributed by atoms with Gasteiger partial charge >= 0.3 is 5.97 Å². The Morgan fingerprint density at radius 2 is 2.00 bits per heavy atom. The van der Waals surface area contributed by atoms with Crippen molar-refractivity contribution < 1.29 is 23.1 Å². The van der Waals surface area contributed by atoms with E-state index in [1.54, 1.807) is 11.8 Å². The van der Waals surface area contributed by atoms with Crippen LogP contribution in [0.2, 0.25) is 0 Å². The highest BCUT2D eigenvalue weighted by atomic mass is 32.2. The maximum atomic E-state index is 12.8. The van der Waals surface area contributed by atoms with Crippen molar-refractivity contribution in [1.82, 2.24) is 9.62 Å². The number of likely N-dealkylation sites (tertiary alicyclic amines) is 1. The Labute approximate surface area is 159 Å². The van der Waals surface area contributed by atoms with Crippen molar-refractivity contribution in [2.75, 3.05) is 13.1 Å². The summed E-state index contributed by atoms with van der Waals surface area (Å²) in [5.74, 6) is -1.07. The fraction of sp³-hybridized carbons (Fsp3) is 0.579. The maximum absolute atomic E-state index is 12.8. The number of nitrogens with one attached hydrogen (secondary N) is 1. The lowest BCUT2D eigenvalue weighted by atomic mass is 9.81. The summed E-state index contributed by atoms with van der Waals surface area (Å²) in [7, 11) is -3.62. The predicted molar refractivity (Wildman–Crippen MR) is 99.8 cm³/mol. The van der Waals surface area contributed by atoms with Crippen molar-refractivity contribution in [1.29, 1.82) is 0 Å². The van der Waals surface area contributed by atoms with Gasteiger partial charge in [-0.1, -0.05) is 13.3 Å². The first-order valence-corrected chi connectivity index (χ1v) is 10.8. The molecule has 1 saturated carbocycles. The van der Waals surface area contributed by atoms with Crippen LogP contribution in [-0.2, 0) is 14.8 Å². The summed E-state index contributed by atoms with van der Waals surface area (Å²) in [6.07, 6.45) is 3.00. The van der Waals surface area contributed by atoms with E-state index in [4.69, 9.17) is 0 Å². The van der Waals surface area contributed by atoms with Crippen LogP contribution in [0.3, 0.4) is 0 Å². The Kier molecular flexibility index (Phi) is 5.31. The van der Waals surface area contributed by atoms with Crippen LogP contribution in [-0.4, -0.2) is 49.4 Å². The predicted octanol–water partition coefficient (Wildman–Crippen LogP) is 2.09. The molecule has 8 heteroatoms. The monoisotopic (exact) mass is 394 g/mol. The third kappa shape index (κ3) is 3.60. The molecule has 0 radical (unpaired) electrons. The normalized spacial score (nSPS) is 26.0. The quantitative estimate of drug-likeness (QED) is 0.769. The van der Waals surface area contributed by atoms with Gasteiger partial charge in [-0.05, 0) is 56.4 Å². The van der Waals surface area contributed by atoms with E-state index in [1.165, 1.54) is 24.3 Å². The number of fused-ring (bicyclic) bond motifs is 1. The summed E-state index contributed by atoms with van der Waals surface area (Å²) in [4.78, 5) is 26.3. The van der Waals surface area contributed by atoms with Gasteiger partial charge in [-0.2, -0.15) is 0 Å². The molecule has 27 heavy (non-hydrogen) atoms. The van der Waals surface area contributed by atoms with Crippen molar-refractivity contribution >= 4 is 21.9 Å². The summed E-state index contributed by atoms with van der Waals surface area (Å²) < 4.78 is 27.2. The molecule has 1 saturated heterocycles. The second kappa shape index (κ2) is 7.24. The van der Waals surface area contributed by atoms with E-state index in [-0.39, 0.29) is 29.3 Å². The molecule has 3 rings (SSSR count). The van der Waals surface area contributed by atoms with E-state index in [0.29, 0.717) is 24.9 Å². The van der Waals surface area contributed by atoms with Crippen LogP contribution in [0.4, 0.5) is 0 Å². The molecular formula is C19H26N2O5S. The minimum Gasteiger partial charge on any atom is -0.481 e. The van der Waals surface area contributed by atoms with Crippen LogP contribution in [0.1, 0.15) is 49.9 Å². The lowest BCUT2D eigenvalue weighted by molar-refractivity contribution is -0.149. The van der Waals surface area contributed by atoms with Gasteiger partial charge in [0, 0.05) is 24.7 Å². The molecule has 7 nitrogen and oxygen atoms in total. The number of benzene rings is 1. The zero-order chi connectivity index (χ0) is 19.8. The lowest BCUT2D eigenvalue weighted by Crippen LogP contribution is -2.37. The smallest absolute Gasteiger partial charge is 0.311 e. The standard InChI is InChI=1S/C19H26N2O5S/c1-3-13(2)20-27(25,26)16-8-6-14(7-9-16)17(22)21-11-15-5-4-10-19(15,12-21)18(23)24/h6-9,13,15,20H,3-5,10-12H2,1-2H3,(H,23,24)/t13?,15-,19+/m0/s1. The van der Waals surface area contributed by atoms with Crippen LogP contribution >= 0.6 is 0 Å². The second-order valence-corrected chi connectivity index (χ2v) is 9.41. The van der Waals surface area contributed by atoms with Crippen LogP contribution in [0.25, 0.3) is 0 Å². The number of sulfonamides is 1. The average molecular weight is 394 g/mol. The summed E-state index contributed by atoms with van der Waals surface area (Å²) >= 11 is 0. The van der Waals surface area contributed by atoms with Crippen molar-refractivity contribution in [2.45, 2.75) is 50.5 Å². The highest BCUT2D eigenvalue weighted by molar-refractivity contribution is 7.89.